The Bertz CT molecular complexity index is 1520. The summed E-state index contributed by atoms with van der Waals surface area (Å²) in [4.78, 5) is 8.53. The molecule has 3 heterocycles. The molecule has 5 rings (SSSR count). The predicted octanol–water partition coefficient (Wildman–Crippen LogP) is 3.42. The third kappa shape index (κ3) is 3.32. The Labute approximate surface area is 188 Å². The van der Waals surface area contributed by atoms with Crippen molar-refractivity contribution < 1.29 is 17.2 Å². The number of fused-ring (bicyclic) bond motifs is 3. The summed E-state index contributed by atoms with van der Waals surface area (Å²) >= 11 is 2.07. The van der Waals surface area contributed by atoms with E-state index in [2.05, 4.69) is 24.9 Å². The molecular weight excluding hydrogens is 480 g/mol. The van der Waals surface area contributed by atoms with Crippen molar-refractivity contribution in [2.24, 2.45) is 0 Å². The maximum absolute atomic E-state index is 13.1. The molecule has 0 saturated heterocycles. The van der Waals surface area contributed by atoms with Crippen molar-refractivity contribution in [3.05, 3.63) is 29.5 Å². The van der Waals surface area contributed by atoms with Crippen molar-refractivity contribution in [3.8, 4) is 11.2 Å². The molecule has 1 aliphatic carbocycles. The fourth-order valence-electron chi connectivity index (χ4n) is 3.39. The van der Waals surface area contributed by atoms with Crippen LogP contribution >= 0.6 is 23.1 Å². The molecule has 164 valence electrons. The quantitative estimate of drug-likeness (QED) is 0.320. The fraction of sp³-hybridized carbons (Fsp3) is 0.278. The highest BCUT2D eigenvalue weighted by Gasteiger charge is 2.46. The van der Waals surface area contributed by atoms with Gasteiger partial charge in [-0.25, -0.2) is 27.2 Å². The largest absolute Gasteiger partial charge is 0.291 e. The summed E-state index contributed by atoms with van der Waals surface area (Å²) in [5.41, 5.74) is -0.282. The third-order valence-electron chi connectivity index (χ3n) is 5.09. The van der Waals surface area contributed by atoms with E-state index in [0.29, 0.717) is 51.1 Å². The zero-order valence-electron chi connectivity index (χ0n) is 16.3. The molecule has 1 saturated carbocycles. The van der Waals surface area contributed by atoms with Crippen LogP contribution in [0.2, 0.25) is 0 Å². The zero-order valence-corrected chi connectivity index (χ0v) is 18.7. The Kier molecular flexibility index (Phi) is 4.89. The van der Waals surface area contributed by atoms with Gasteiger partial charge in [-0.1, -0.05) is 17.4 Å². The van der Waals surface area contributed by atoms with Gasteiger partial charge in [-0.15, -0.1) is 22.0 Å². The van der Waals surface area contributed by atoms with E-state index in [-0.39, 0.29) is 10.0 Å². The minimum absolute atomic E-state index is 0.0622. The van der Waals surface area contributed by atoms with Crippen molar-refractivity contribution in [1.29, 1.82) is 5.26 Å². The number of nitriles is 1. The zero-order chi connectivity index (χ0) is 22.7. The van der Waals surface area contributed by atoms with Crippen molar-refractivity contribution in [1.82, 2.24) is 29.5 Å². The van der Waals surface area contributed by atoms with Crippen LogP contribution in [0.15, 0.2) is 34.4 Å². The number of benzene rings is 1. The summed E-state index contributed by atoms with van der Waals surface area (Å²) in [6, 6.07) is 6.47. The number of hydrogen-bond acceptors (Lipinski definition) is 9. The average Bonchev–Trinajstić information content (AvgIpc) is 3.22. The number of hydrogen-bond donors (Lipinski definition) is 1. The van der Waals surface area contributed by atoms with Crippen molar-refractivity contribution >= 4 is 55.1 Å². The summed E-state index contributed by atoms with van der Waals surface area (Å²) in [5.74, 6) is 0. The highest BCUT2D eigenvalue weighted by Crippen LogP contribution is 2.39. The van der Waals surface area contributed by atoms with Gasteiger partial charge in [0, 0.05) is 5.39 Å². The van der Waals surface area contributed by atoms with Gasteiger partial charge < -0.3 is 0 Å². The summed E-state index contributed by atoms with van der Waals surface area (Å²) < 4.78 is 56.1. The first-order chi connectivity index (χ1) is 15.3. The molecule has 14 heteroatoms. The summed E-state index contributed by atoms with van der Waals surface area (Å²) in [7, 11) is -4.00. The Morgan fingerprint density at radius 1 is 1.31 bits per heavy atom. The highest BCUT2D eigenvalue weighted by atomic mass is 32.2. The Morgan fingerprint density at radius 3 is 2.72 bits per heavy atom. The average molecular weight is 494 g/mol. The van der Waals surface area contributed by atoms with Gasteiger partial charge in [-0.05, 0) is 31.2 Å². The first-order valence-electron chi connectivity index (χ1n) is 9.19. The smallest absolute Gasteiger partial charge is 0.268 e. The molecule has 0 atom stereocenters. The number of sulfonamides is 1. The Balaban J connectivity index is 1.77. The lowest BCUT2D eigenvalue weighted by atomic mass is 10.2. The van der Waals surface area contributed by atoms with Crippen LogP contribution in [0.5, 0.6) is 0 Å². The van der Waals surface area contributed by atoms with Crippen molar-refractivity contribution in [3.63, 3.8) is 0 Å². The van der Waals surface area contributed by atoms with Crippen LogP contribution in [0.4, 0.5) is 8.78 Å². The van der Waals surface area contributed by atoms with Crippen LogP contribution in [-0.2, 0) is 10.0 Å². The minimum atomic E-state index is -4.00. The molecule has 1 fully saturated rings. The van der Waals surface area contributed by atoms with E-state index in [4.69, 9.17) is 0 Å². The second-order valence-electron chi connectivity index (χ2n) is 7.12. The predicted molar refractivity (Wildman–Crippen MR) is 114 cm³/mol. The molecule has 9 nitrogen and oxygen atoms in total. The van der Waals surface area contributed by atoms with Gasteiger partial charge >= 0.3 is 0 Å². The lowest BCUT2D eigenvalue weighted by Gasteiger charge is -2.10. The topological polar surface area (TPSA) is 126 Å². The van der Waals surface area contributed by atoms with Crippen LogP contribution < -0.4 is 4.72 Å². The van der Waals surface area contributed by atoms with Crippen molar-refractivity contribution in [2.75, 3.05) is 6.26 Å². The molecular formula is C18H13F2N7O2S3. The summed E-state index contributed by atoms with van der Waals surface area (Å²) in [5, 5.41) is 18.3. The van der Waals surface area contributed by atoms with Gasteiger partial charge in [0.25, 0.3) is 6.43 Å². The number of thioether (sulfide) groups is 1. The van der Waals surface area contributed by atoms with E-state index in [1.54, 1.807) is 6.07 Å². The minimum Gasteiger partial charge on any atom is -0.268 e. The number of nitrogens with one attached hydrogen (secondary N) is 1. The molecule has 0 radical (unpaired) electrons. The first-order valence-corrected chi connectivity index (χ1v) is 12.7. The van der Waals surface area contributed by atoms with E-state index < -0.39 is 27.0 Å². The summed E-state index contributed by atoms with van der Waals surface area (Å²) in [6.45, 7) is 0. The second-order valence-corrected chi connectivity index (χ2v) is 10.6. The van der Waals surface area contributed by atoms with Gasteiger partial charge in [0.05, 0.1) is 21.9 Å². The lowest BCUT2D eigenvalue weighted by Crippen LogP contribution is -2.35. The molecule has 4 aromatic rings. The van der Waals surface area contributed by atoms with E-state index in [0.717, 1.165) is 0 Å². The standard InChI is InChI=1S/C18H13F2N7O2S3/c1-30-15-12-10-3-2-9(32(28,29)26-18(7-21)4-5-18)6-11(10)27(14(12)22-8-23-15)17-25-24-16(31-17)13(19)20/h2-3,6,8,13,26H,4-5H2,1H3. The molecule has 1 N–H and O–H groups in total. The van der Waals surface area contributed by atoms with Gasteiger partial charge in [-0.3, -0.25) is 4.57 Å². The first kappa shape index (κ1) is 21.1. The Morgan fingerprint density at radius 2 is 2.09 bits per heavy atom. The monoisotopic (exact) mass is 493 g/mol. The highest BCUT2D eigenvalue weighted by molar-refractivity contribution is 7.98. The molecule has 0 bridgehead atoms. The van der Waals surface area contributed by atoms with E-state index in [1.165, 1.54) is 34.8 Å². The van der Waals surface area contributed by atoms with Gasteiger partial charge in [0.15, 0.2) is 10.7 Å². The van der Waals surface area contributed by atoms with Crippen LogP contribution in [0.1, 0.15) is 24.3 Å². The van der Waals surface area contributed by atoms with Crippen LogP contribution in [0, 0.1) is 11.3 Å². The molecule has 0 unspecified atom stereocenters. The van der Waals surface area contributed by atoms with Crippen LogP contribution in [0.25, 0.3) is 27.1 Å². The van der Waals surface area contributed by atoms with E-state index in [9.17, 15) is 22.5 Å². The maximum Gasteiger partial charge on any atom is 0.291 e. The molecule has 1 aromatic carbocycles. The number of alkyl halides is 2. The third-order valence-corrected chi connectivity index (χ3v) is 8.24. The van der Waals surface area contributed by atoms with Gasteiger partial charge in [0.1, 0.15) is 16.9 Å². The molecule has 3 aromatic heterocycles. The molecule has 0 spiro atoms. The number of nitrogens with zero attached hydrogens (tertiary/aromatic N) is 6. The molecule has 32 heavy (non-hydrogen) atoms. The second kappa shape index (κ2) is 7.41. The van der Waals surface area contributed by atoms with Crippen LogP contribution in [-0.4, -0.2) is 44.9 Å². The SMILES string of the molecule is CSc1ncnc2c1c1ccc(S(=O)(=O)NC3(C#N)CC3)cc1n2-c1nnc(C(F)F)s1. The summed E-state index contributed by atoms with van der Waals surface area (Å²) in [6.07, 6.45) is 1.29. The molecule has 0 amide bonds. The number of halogens is 2. The van der Waals surface area contributed by atoms with Gasteiger partial charge in [-0.2, -0.15) is 9.98 Å². The van der Waals surface area contributed by atoms with E-state index >= 15 is 0 Å². The Hall–Kier alpha value is -2.73. The van der Waals surface area contributed by atoms with Crippen molar-refractivity contribution in [2.45, 2.75) is 34.7 Å². The van der Waals surface area contributed by atoms with E-state index in [1.807, 2.05) is 12.3 Å². The van der Waals surface area contributed by atoms with Crippen LogP contribution in [0.3, 0.4) is 0 Å². The molecule has 1 aliphatic rings. The number of rotatable bonds is 6. The van der Waals surface area contributed by atoms with Gasteiger partial charge in [0.2, 0.25) is 15.2 Å². The lowest BCUT2D eigenvalue weighted by molar-refractivity contribution is 0.150. The normalized spacial score (nSPS) is 15.5. The fourth-order valence-corrected chi connectivity index (χ4v) is 6.06. The number of aromatic nitrogens is 5. The molecule has 0 aliphatic heterocycles. The maximum atomic E-state index is 13.1.